The normalized spacial score (nSPS) is 12.3. The van der Waals surface area contributed by atoms with Crippen molar-refractivity contribution >= 4 is 0 Å². The van der Waals surface area contributed by atoms with E-state index < -0.39 is 0 Å². The van der Waals surface area contributed by atoms with E-state index in [1.165, 1.54) is 5.56 Å². The number of ether oxygens (including phenoxy) is 2. The molecule has 34 heavy (non-hydrogen) atoms. The predicted molar refractivity (Wildman–Crippen MR) is 137 cm³/mol. The molecular weight excluding hydrogens is 426 g/mol. The van der Waals surface area contributed by atoms with Crippen LogP contribution in [0.25, 0.3) is 5.69 Å². The van der Waals surface area contributed by atoms with Crippen molar-refractivity contribution in [2.75, 3.05) is 26.8 Å². The van der Waals surface area contributed by atoms with E-state index in [1.54, 1.807) is 7.11 Å². The first-order chi connectivity index (χ1) is 16.5. The van der Waals surface area contributed by atoms with Gasteiger partial charge in [0.05, 0.1) is 29.7 Å². The molecule has 0 bridgehead atoms. The standard InChI is InChI=1S/C28H39N3O3/c1-5-7-13-24(32)20-30(18-19-33-4)21-26-27(6-2)29-31(23-11-9-8-10-12-23)28(26)34-25-16-14-22(3)15-17-25/h8-12,14-17,24,32H,5-7,13,18-21H2,1-4H3. The summed E-state index contributed by atoms with van der Waals surface area (Å²) < 4.78 is 13.8. The summed E-state index contributed by atoms with van der Waals surface area (Å²) in [4.78, 5) is 2.25. The van der Waals surface area contributed by atoms with Gasteiger partial charge < -0.3 is 14.6 Å². The zero-order chi connectivity index (χ0) is 24.3. The Kier molecular flexibility index (Phi) is 10.1. The Bertz CT molecular complexity index is 986. The van der Waals surface area contributed by atoms with Gasteiger partial charge in [0.25, 0.3) is 0 Å². The van der Waals surface area contributed by atoms with Gasteiger partial charge in [0.1, 0.15) is 5.75 Å². The quantitative estimate of drug-likeness (QED) is 0.339. The van der Waals surface area contributed by atoms with Gasteiger partial charge in [0.15, 0.2) is 0 Å². The first-order valence-corrected chi connectivity index (χ1v) is 12.4. The molecule has 184 valence electrons. The molecule has 0 radical (unpaired) electrons. The minimum atomic E-state index is -0.368. The van der Waals surface area contributed by atoms with Crippen LogP contribution < -0.4 is 4.74 Å². The molecule has 0 spiro atoms. The molecule has 0 aliphatic carbocycles. The van der Waals surface area contributed by atoms with Crippen molar-refractivity contribution in [2.45, 2.75) is 59.1 Å². The van der Waals surface area contributed by atoms with E-state index in [4.69, 9.17) is 14.6 Å². The molecule has 0 aliphatic heterocycles. The third-order valence-corrected chi connectivity index (χ3v) is 5.94. The van der Waals surface area contributed by atoms with Crippen LogP contribution in [0.2, 0.25) is 0 Å². The van der Waals surface area contributed by atoms with E-state index in [-0.39, 0.29) is 6.10 Å². The molecule has 0 saturated carbocycles. The lowest BCUT2D eigenvalue weighted by molar-refractivity contribution is 0.0786. The molecule has 1 atom stereocenters. The van der Waals surface area contributed by atoms with Gasteiger partial charge in [-0.1, -0.05) is 62.6 Å². The van der Waals surface area contributed by atoms with Crippen LogP contribution in [-0.2, 0) is 17.7 Å². The van der Waals surface area contributed by atoms with E-state index >= 15 is 0 Å². The molecule has 3 rings (SSSR count). The lowest BCUT2D eigenvalue weighted by atomic mass is 10.1. The lowest BCUT2D eigenvalue weighted by Crippen LogP contribution is -2.34. The fraction of sp³-hybridized carbons (Fsp3) is 0.464. The second-order valence-corrected chi connectivity index (χ2v) is 8.77. The van der Waals surface area contributed by atoms with Crippen molar-refractivity contribution in [1.82, 2.24) is 14.7 Å². The van der Waals surface area contributed by atoms with Crippen molar-refractivity contribution in [3.63, 3.8) is 0 Å². The molecule has 6 heteroatoms. The Morgan fingerprint density at radius 1 is 1.06 bits per heavy atom. The number of rotatable bonds is 14. The van der Waals surface area contributed by atoms with Crippen LogP contribution in [0.4, 0.5) is 0 Å². The topological polar surface area (TPSA) is 59.8 Å². The molecule has 0 amide bonds. The third kappa shape index (κ3) is 7.16. The van der Waals surface area contributed by atoms with Crippen LogP contribution in [0.15, 0.2) is 54.6 Å². The fourth-order valence-corrected chi connectivity index (χ4v) is 4.00. The highest BCUT2D eigenvalue weighted by atomic mass is 16.5. The Balaban J connectivity index is 1.98. The Hall–Kier alpha value is -2.67. The molecule has 0 fully saturated rings. The summed E-state index contributed by atoms with van der Waals surface area (Å²) in [5.41, 5.74) is 4.18. The highest BCUT2D eigenvalue weighted by Gasteiger charge is 2.23. The average Bonchev–Trinajstić information content (AvgIpc) is 3.20. The number of para-hydroxylation sites is 1. The van der Waals surface area contributed by atoms with Gasteiger partial charge in [-0.15, -0.1) is 0 Å². The maximum atomic E-state index is 10.6. The van der Waals surface area contributed by atoms with Crippen LogP contribution in [0.1, 0.15) is 49.9 Å². The third-order valence-electron chi connectivity index (χ3n) is 5.94. The number of aliphatic hydroxyl groups excluding tert-OH is 1. The molecule has 3 aromatic rings. The minimum absolute atomic E-state index is 0.368. The van der Waals surface area contributed by atoms with Crippen molar-refractivity contribution in [2.24, 2.45) is 0 Å². The lowest BCUT2D eigenvalue weighted by Gasteiger charge is -2.25. The van der Waals surface area contributed by atoms with Crippen LogP contribution in [-0.4, -0.2) is 52.7 Å². The van der Waals surface area contributed by atoms with Crippen LogP contribution in [0.5, 0.6) is 11.6 Å². The van der Waals surface area contributed by atoms with Crippen molar-refractivity contribution in [3.05, 3.63) is 71.4 Å². The summed E-state index contributed by atoms with van der Waals surface area (Å²) in [6, 6.07) is 18.2. The summed E-state index contributed by atoms with van der Waals surface area (Å²) in [6.07, 6.45) is 3.32. The number of unbranched alkanes of at least 4 members (excludes halogenated alkanes) is 1. The largest absolute Gasteiger partial charge is 0.439 e. The van der Waals surface area contributed by atoms with E-state index in [0.717, 1.165) is 60.8 Å². The molecule has 1 aromatic heterocycles. The second-order valence-electron chi connectivity index (χ2n) is 8.77. The first kappa shape index (κ1) is 25.9. The maximum Gasteiger partial charge on any atom is 0.227 e. The van der Waals surface area contributed by atoms with Crippen molar-refractivity contribution in [1.29, 1.82) is 0 Å². The Labute approximate surface area is 204 Å². The monoisotopic (exact) mass is 465 g/mol. The van der Waals surface area contributed by atoms with E-state index in [0.29, 0.717) is 19.7 Å². The zero-order valence-corrected chi connectivity index (χ0v) is 21.0. The van der Waals surface area contributed by atoms with Gasteiger partial charge in [0, 0.05) is 26.7 Å². The van der Waals surface area contributed by atoms with Gasteiger partial charge in [-0.05, 0) is 44.0 Å². The number of aryl methyl sites for hydroxylation is 2. The maximum absolute atomic E-state index is 10.6. The summed E-state index contributed by atoms with van der Waals surface area (Å²) in [6.45, 7) is 8.88. The molecule has 0 saturated heterocycles. The van der Waals surface area contributed by atoms with Gasteiger partial charge in [-0.3, -0.25) is 4.90 Å². The Morgan fingerprint density at radius 2 is 1.79 bits per heavy atom. The second kappa shape index (κ2) is 13.3. The molecule has 6 nitrogen and oxygen atoms in total. The highest BCUT2D eigenvalue weighted by molar-refractivity contribution is 5.44. The number of aromatic nitrogens is 2. The number of aliphatic hydroxyl groups is 1. The van der Waals surface area contributed by atoms with Crippen LogP contribution in [0.3, 0.4) is 0 Å². The predicted octanol–water partition coefficient (Wildman–Crippen LogP) is 5.53. The number of hydrogen-bond acceptors (Lipinski definition) is 5. The van der Waals surface area contributed by atoms with Crippen LogP contribution in [0, 0.1) is 6.92 Å². The van der Waals surface area contributed by atoms with E-state index in [9.17, 15) is 5.11 Å². The minimum Gasteiger partial charge on any atom is -0.439 e. The Morgan fingerprint density at radius 3 is 2.44 bits per heavy atom. The zero-order valence-electron chi connectivity index (χ0n) is 21.0. The van der Waals surface area contributed by atoms with Gasteiger partial charge in [0.2, 0.25) is 5.88 Å². The number of methoxy groups -OCH3 is 1. The highest BCUT2D eigenvalue weighted by Crippen LogP contribution is 2.32. The van der Waals surface area contributed by atoms with Crippen molar-refractivity contribution < 1.29 is 14.6 Å². The van der Waals surface area contributed by atoms with Gasteiger partial charge >= 0.3 is 0 Å². The first-order valence-electron chi connectivity index (χ1n) is 12.4. The summed E-state index contributed by atoms with van der Waals surface area (Å²) in [5, 5.41) is 15.6. The van der Waals surface area contributed by atoms with E-state index in [2.05, 4.69) is 25.7 Å². The number of hydrogen-bond donors (Lipinski definition) is 1. The number of nitrogens with zero attached hydrogens (tertiary/aromatic N) is 3. The van der Waals surface area contributed by atoms with Crippen molar-refractivity contribution in [3.8, 4) is 17.3 Å². The van der Waals surface area contributed by atoms with Crippen LogP contribution >= 0.6 is 0 Å². The SMILES string of the molecule is CCCCC(O)CN(CCOC)Cc1c(CC)nn(-c2ccccc2)c1Oc1ccc(C)cc1. The molecule has 1 heterocycles. The fourth-order valence-electron chi connectivity index (χ4n) is 4.00. The molecule has 2 aromatic carbocycles. The summed E-state index contributed by atoms with van der Waals surface area (Å²) in [5.74, 6) is 1.50. The van der Waals surface area contributed by atoms with E-state index in [1.807, 2.05) is 59.3 Å². The van der Waals surface area contributed by atoms with Gasteiger partial charge in [-0.25, -0.2) is 4.68 Å². The smallest absolute Gasteiger partial charge is 0.227 e. The molecule has 1 unspecified atom stereocenters. The summed E-state index contributed by atoms with van der Waals surface area (Å²) >= 11 is 0. The molecule has 0 aliphatic rings. The number of benzene rings is 2. The summed E-state index contributed by atoms with van der Waals surface area (Å²) in [7, 11) is 1.71. The average molecular weight is 466 g/mol. The van der Waals surface area contributed by atoms with Gasteiger partial charge in [-0.2, -0.15) is 5.10 Å². The molecular formula is C28H39N3O3. The molecule has 1 N–H and O–H groups in total.